The molecule has 0 unspecified atom stereocenters. The van der Waals surface area contributed by atoms with Crippen LogP contribution >= 0.6 is 0 Å². The van der Waals surface area contributed by atoms with Gasteiger partial charge in [-0.3, -0.25) is 0 Å². The fourth-order valence-corrected chi connectivity index (χ4v) is 13.0. The summed E-state index contributed by atoms with van der Waals surface area (Å²) >= 11 is 0. The van der Waals surface area contributed by atoms with Crippen LogP contribution < -0.4 is 0 Å². The van der Waals surface area contributed by atoms with Gasteiger partial charge in [0.1, 0.15) is 0 Å². The fourth-order valence-electron chi connectivity index (χ4n) is 13.0. The molecule has 15 rings (SSSR count). The topological polar surface area (TPSA) is 38.7 Å². The van der Waals surface area contributed by atoms with Crippen LogP contribution in [-0.2, 0) is 10.8 Å². The van der Waals surface area contributed by atoms with Gasteiger partial charge >= 0.3 is 0 Å². The van der Waals surface area contributed by atoms with Gasteiger partial charge in [-0.1, -0.05) is 249 Å². The van der Waals surface area contributed by atoms with E-state index in [0.29, 0.717) is 17.5 Å². The largest absolute Gasteiger partial charge is 0.208 e. The first-order valence-electron chi connectivity index (χ1n) is 24.8. The molecule has 334 valence electrons. The molecule has 3 aliphatic carbocycles. The molecular formula is C69H43N3. The highest BCUT2D eigenvalue weighted by molar-refractivity contribution is 6.06. The number of fused-ring (bicyclic) bond motifs is 17. The lowest BCUT2D eigenvalue weighted by Gasteiger charge is -2.48. The SMILES string of the molecule is c1ccc(-c2nc(-c3ccccc3)nc(-c3cccc(-c4ccc(-c5ccc6c(c5)C5(c7ccccc7-6)c6ccccc6C6(c7ccccc7-c7ccccc76)c6ccccc65)c5ccccc45)c3)n2)cc1. The molecule has 1 heterocycles. The lowest BCUT2D eigenvalue weighted by atomic mass is 9.52. The van der Waals surface area contributed by atoms with E-state index in [-0.39, 0.29) is 0 Å². The summed E-state index contributed by atoms with van der Waals surface area (Å²) in [4.78, 5) is 15.1. The summed E-state index contributed by atoms with van der Waals surface area (Å²) in [5, 5.41) is 2.38. The van der Waals surface area contributed by atoms with Crippen LogP contribution in [0.5, 0.6) is 0 Å². The maximum Gasteiger partial charge on any atom is 0.164 e. The maximum atomic E-state index is 5.08. The lowest BCUT2D eigenvalue weighted by Crippen LogP contribution is -2.43. The second kappa shape index (κ2) is 15.6. The van der Waals surface area contributed by atoms with Gasteiger partial charge in [0.2, 0.25) is 0 Å². The lowest BCUT2D eigenvalue weighted by molar-refractivity contribution is 0.633. The minimum atomic E-state index is -0.571. The van der Waals surface area contributed by atoms with E-state index in [1.807, 2.05) is 36.4 Å². The predicted octanol–water partition coefficient (Wildman–Crippen LogP) is 16.4. The van der Waals surface area contributed by atoms with E-state index < -0.39 is 10.8 Å². The summed E-state index contributed by atoms with van der Waals surface area (Å²) in [6.45, 7) is 0. The number of hydrogen-bond acceptors (Lipinski definition) is 3. The molecule has 0 amide bonds. The number of aromatic nitrogens is 3. The Kier molecular flexibility index (Phi) is 8.79. The van der Waals surface area contributed by atoms with Gasteiger partial charge in [-0.05, 0) is 112 Å². The first-order valence-corrected chi connectivity index (χ1v) is 24.8. The van der Waals surface area contributed by atoms with Crippen molar-refractivity contribution in [2.24, 2.45) is 0 Å². The zero-order valence-electron chi connectivity index (χ0n) is 39.2. The molecule has 0 fully saturated rings. The quantitative estimate of drug-likeness (QED) is 0.173. The highest BCUT2D eigenvalue weighted by atomic mass is 15.0. The van der Waals surface area contributed by atoms with E-state index >= 15 is 0 Å². The standard InChI is InChI=1S/C69H43N3/c1-3-20-44(21-4-1)65-70-66(45-22-5-2-6-23-45)72-67(71-65)48-25-19-24-46(42-48)49-40-41-50(52-27-8-7-26-51(49)52)47-38-39-56-55-30-11-14-33-59(55)69(64(56)43-47)62-36-17-15-34-60(62)68(61-35-16-18-37-63(61)69)57-31-12-9-28-53(57)54-29-10-13-32-58(54)68/h1-43H. The van der Waals surface area contributed by atoms with Crippen molar-refractivity contribution in [2.75, 3.05) is 0 Å². The van der Waals surface area contributed by atoms with Crippen molar-refractivity contribution in [1.82, 2.24) is 15.0 Å². The van der Waals surface area contributed by atoms with Crippen LogP contribution in [0.15, 0.2) is 261 Å². The van der Waals surface area contributed by atoms with E-state index in [4.69, 9.17) is 15.0 Å². The second-order valence-electron chi connectivity index (χ2n) is 19.3. The molecule has 11 aromatic carbocycles. The third-order valence-corrected chi connectivity index (χ3v) is 15.8. The zero-order chi connectivity index (χ0) is 47.4. The maximum absolute atomic E-state index is 5.08. The minimum Gasteiger partial charge on any atom is -0.208 e. The molecule has 0 aliphatic heterocycles. The normalized spacial score (nSPS) is 13.8. The summed E-state index contributed by atoms with van der Waals surface area (Å²) in [5.41, 5.74) is 22.3. The summed E-state index contributed by atoms with van der Waals surface area (Å²) in [7, 11) is 0. The van der Waals surface area contributed by atoms with Gasteiger partial charge in [-0.2, -0.15) is 0 Å². The van der Waals surface area contributed by atoms with E-state index in [0.717, 1.165) is 27.8 Å². The monoisotopic (exact) mass is 913 g/mol. The van der Waals surface area contributed by atoms with Crippen molar-refractivity contribution >= 4 is 10.8 Å². The van der Waals surface area contributed by atoms with E-state index in [1.165, 1.54) is 88.7 Å². The third kappa shape index (κ3) is 5.59. The third-order valence-electron chi connectivity index (χ3n) is 15.8. The van der Waals surface area contributed by atoms with Gasteiger partial charge in [-0.15, -0.1) is 0 Å². The van der Waals surface area contributed by atoms with Crippen molar-refractivity contribution in [3.05, 3.63) is 305 Å². The van der Waals surface area contributed by atoms with Crippen molar-refractivity contribution < 1.29 is 0 Å². The van der Waals surface area contributed by atoms with E-state index in [1.54, 1.807) is 0 Å². The molecule has 0 saturated heterocycles. The first kappa shape index (κ1) is 40.6. The Bertz CT molecular complexity index is 4020. The Morgan fingerprint density at radius 1 is 0.194 bits per heavy atom. The summed E-state index contributed by atoms with van der Waals surface area (Å²) in [6.07, 6.45) is 0. The number of rotatable bonds is 5. The molecule has 0 radical (unpaired) electrons. The molecule has 0 bridgehead atoms. The van der Waals surface area contributed by atoms with Crippen LogP contribution in [0.3, 0.4) is 0 Å². The second-order valence-corrected chi connectivity index (χ2v) is 19.3. The fraction of sp³-hybridized carbons (Fsp3) is 0.0290. The summed E-state index contributed by atoms with van der Waals surface area (Å²) in [5.74, 6) is 1.93. The molecule has 12 aromatic rings. The minimum absolute atomic E-state index is 0.484. The Balaban J connectivity index is 0.908. The molecule has 3 aliphatic rings. The van der Waals surface area contributed by atoms with Gasteiger partial charge in [0, 0.05) is 16.7 Å². The van der Waals surface area contributed by atoms with Crippen LogP contribution in [-0.4, -0.2) is 15.0 Å². The van der Waals surface area contributed by atoms with Crippen molar-refractivity contribution in [3.63, 3.8) is 0 Å². The Labute approximate surface area is 418 Å². The summed E-state index contributed by atoms with van der Waals surface area (Å²) < 4.78 is 0. The first-order chi connectivity index (χ1) is 35.7. The Hall–Kier alpha value is -9.31. The predicted molar refractivity (Wildman–Crippen MR) is 293 cm³/mol. The smallest absolute Gasteiger partial charge is 0.164 e. The molecule has 0 atom stereocenters. The van der Waals surface area contributed by atoms with Crippen LogP contribution in [0, 0.1) is 0 Å². The molecule has 3 heteroatoms. The highest BCUT2D eigenvalue weighted by Gasteiger charge is 2.58. The summed E-state index contributed by atoms with van der Waals surface area (Å²) in [6, 6.07) is 95.8. The number of hydrogen-bond donors (Lipinski definition) is 0. The van der Waals surface area contributed by atoms with Crippen molar-refractivity contribution in [1.29, 1.82) is 0 Å². The average Bonchev–Trinajstić information content (AvgIpc) is 3.92. The van der Waals surface area contributed by atoms with Crippen LogP contribution in [0.1, 0.15) is 44.5 Å². The molecular weight excluding hydrogens is 871 g/mol. The van der Waals surface area contributed by atoms with Crippen LogP contribution in [0.25, 0.3) is 89.4 Å². The molecule has 72 heavy (non-hydrogen) atoms. The molecule has 3 nitrogen and oxygen atoms in total. The molecule has 0 saturated carbocycles. The van der Waals surface area contributed by atoms with Crippen LogP contribution in [0.4, 0.5) is 0 Å². The van der Waals surface area contributed by atoms with Gasteiger partial charge in [0.05, 0.1) is 10.8 Å². The van der Waals surface area contributed by atoms with Crippen molar-refractivity contribution in [2.45, 2.75) is 10.8 Å². The van der Waals surface area contributed by atoms with Crippen molar-refractivity contribution in [3.8, 4) is 78.7 Å². The van der Waals surface area contributed by atoms with Gasteiger partial charge in [-0.25, -0.2) is 15.0 Å². The van der Waals surface area contributed by atoms with Gasteiger partial charge < -0.3 is 0 Å². The van der Waals surface area contributed by atoms with Gasteiger partial charge in [0.15, 0.2) is 17.5 Å². The van der Waals surface area contributed by atoms with E-state index in [9.17, 15) is 0 Å². The number of benzene rings is 11. The van der Waals surface area contributed by atoms with Crippen LogP contribution in [0.2, 0.25) is 0 Å². The van der Waals surface area contributed by atoms with E-state index in [2.05, 4.69) is 224 Å². The Morgan fingerprint density at radius 2 is 0.514 bits per heavy atom. The highest BCUT2D eigenvalue weighted by Crippen LogP contribution is 2.67. The zero-order valence-corrected chi connectivity index (χ0v) is 39.2. The molecule has 1 aromatic heterocycles. The van der Waals surface area contributed by atoms with Gasteiger partial charge in [0.25, 0.3) is 0 Å². The average molecular weight is 914 g/mol. The molecule has 2 spiro atoms. The number of nitrogens with zero attached hydrogens (tertiary/aromatic N) is 3. The molecule has 0 N–H and O–H groups in total. The Morgan fingerprint density at radius 3 is 0.986 bits per heavy atom.